The Morgan fingerprint density at radius 3 is 1.53 bits per heavy atom. The fourth-order valence-electron chi connectivity index (χ4n) is 2.80. The largest absolute Gasteiger partial charge is 0.480 e. The molecule has 0 amide bonds. The number of hydrogen-bond donors (Lipinski definition) is 1. The highest BCUT2D eigenvalue weighted by atomic mass is 16.6. The van der Waals surface area contributed by atoms with Crippen molar-refractivity contribution in [1.82, 2.24) is 0 Å². The Morgan fingerprint density at radius 1 is 1.00 bits per heavy atom. The maximum atomic E-state index is 12.2. The van der Waals surface area contributed by atoms with Crippen LogP contribution in [0.3, 0.4) is 0 Å². The molecule has 1 fully saturated rings. The van der Waals surface area contributed by atoms with Crippen molar-refractivity contribution >= 4 is 11.9 Å². The molecular weight excluding hydrogens is 220 g/mol. The third-order valence-corrected chi connectivity index (χ3v) is 4.40. The maximum Gasteiger partial charge on any atom is 0.325 e. The highest BCUT2D eigenvalue weighted by molar-refractivity contribution is 6.06. The van der Waals surface area contributed by atoms with Crippen LogP contribution in [0, 0.1) is 16.2 Å². The number of aliphatic carboxylic acids is 1. The summed E-state index contributed by atoms with van der Waals surface area (Å²) in [4.78, 5) is 23.8. The third kappa shape index (κ3) is 1.49. The minimum atomic E-state index is -1.44. The molecule has 0 aromatic carbocycles. The standard InChI is InChI=1S/C13H22O4/c1-10(2,3)17-9(16)13(8(14)15)11(4,5)12(13,6)7/h1-7H3,(H,14,15). The zero-order valence-electron chi connectivity index (χ0n) is 11.7. The summed E-state index contributed by atoms with van der Waals surface area (Å²) < 4.78 is 5.28. The molecule has 1 aliphatic carbocycles. The van der Waals surface area contributed by atoms with Gasteiger partial charge < -0.3 is 9.84 Å². The normalized spacial score (nSPS) is 23.9. The van der Waals surface area contributed by atoms with Crippen molar-refractivity contribution in [3.63, 3.8) is 0 Å². The van der Waals surface area contributed by atoms with Crippen molar-refractivity contribution in [1.29, 1.82) is 0 Å². The van der Waals surface area contributed by atoms with Crippen LogP contribution in [0.1, 0.15) is 48.5 Å². The molecule has 0 spiro atoms. The fraction of sp³-hybridized carbons (Fsp3) is 0.846. The van der Waals surface area contributed by atoms with E-state index in [1.165, 1.54) is 0 Å². The minimum Gasteiger partial charge on any atom is -0.480 e. The predicted molar refractivity (Wildman–Crippen MR) is 63.5 cm³/mol. The van der Waals surface area contributed by atoms with Crippen LogP contribution < -0.4 is 0 Å². The van der Waals surface area contributed by atoms with E-state index in [1.54, 1.807) is 48.5 Å². The van der Waals surface area contributed by atoms with Crippen molar-refractivity contribution in [2.45, 2.75) is 54.1 Å². The highest BCUT2D eigenvalue weighted by Gasteiger charge is 2.86. The molecule has 1 N–H and O–H groups in total. The van der Waals surface area contributed by atoms with E-state index >= 15 is 0 Å². The zero-order chi connectivity index (χ0) is 13.9. The van der Waals surface area contributed by atoms with Crippen LogP contribution in [-0.4, -0.2) is 22.6 Å². The lowest BCUT2D eigenvalue weighted by Gasteiger charge is -2.24. The van der Waals surface area contributed by atoms with Gasteiger partial charge in [-0.25, -0.2) is 0 Å². The summed E-state index contributed by atoms with van der Waals surface area (Å²) in [7, 11) is 0. The van der Waals surface area contributed by atoms with Crippen LogP contribution in [0.4, 0.5) is 0 Å². The second-order valence-corrected chi connectivity index (χ2v) is 6.81. The Bertz CT molecular complexity index is 357. The maximum absolute atomic E-state index is 12.2. The van der Waals surface area contributed by atoms with Gasteiger partial charge in [0.2, 0.25) is 0 Å². The van der Waals surface area contributed by atoms with Crippen LogP contribution >= 0.6 is 0 Å². The van der Waals surface area contributed by atoms with Crippen molar-refractivity contribution in [3.8, 4) is 0 Å². The molecule has 4 nitrogen and oxygen atoms in total. The molecule has 0 saturated heterocycles. The molecule has 1 aliphatic rings. The lowest BCUT2D eigenvalue weighted by molar-refractivity contribution is -0.172. The quantitative estimate of drug-likeness (QED) is 0.597. The van der Waals surface area contributed by atoms with Gasteiger partial charge in [-0.3, -0.25) is 9.59 Å². The molecule has 1 saturated carbocycles. The van der Waals surface area contributed by atoms with Crippen molar-refractivity contribution < 1.29 is 19.4 Å². The number of carbonyl (C=O) groups is 2. The lowest BCUT2D eigenvalue weighted by Crippen LogP contribution is -2.38. The molecule has 17 heavy (non-hydrogen) atoms. The van der Waals surface area contributed by atoms with Gasteiger partial charge in [-0.05, 0) is 31.6 Å². The van der Waals surface area contributed by atoms with Gasteiger partial charge in [0, 0.05) is 0 Å². The number of ether oxygens (including phenoxy) is 1. The summed E-state index contributed by atoms with van der Waals surface area (Å²) in [6, 6.07) is 0. The average molecular weight is 242 g/mol. The van der Waals surface area contributed by atoms with Crippen molar-refractivity contribution in [2.24, 2.45) is 16.2 Å². The number of hydrogen-bond acceptors (Lipinski definition) is 3. The molecule has 0 bridgehead atoms. The van der Waals surface area contributed by atoms with Crippen molar-refractivity contribution in [2.75, 3.05) is 0 Å². The zero-order valence-corrected chi connectivity index (χ0v) is 11.7. The Kier molecular flexibility index (Phi) is 2.67. The van der Waals surface area contributed by atoms with Crippen molar-refractivity contribution in [3.05, 3.63) is 0 Å². The van der Waals surface area contributed by atoms with Gasteiger partial charge in [-0.2, -0.15) is 0 Å². The summed E-state index contributed by atoms with van der Waals surface area (Å²) in [5.74, 6) is -1.73. The van der Waals surface area contributed by atoms with Gasteiger partial charge in [0.15, 0.2) is 5.41 Å². The fourth-order valence-corrected chi connectivity index (χ4v) is 2.80. The first-order valence-electron chi connectivity index (χ1n) is 5.79. The van der Waals surface area contributed by atoms with Gasteiger partial charge >= 0.3 is 11.9 Å². The molecule has 0 aromatic rings. The molecule has 0 aromatic heterocycles. The summed E-state index contributed by atoms with van der Waals surface area (Å²) >= 11 is 0. The van der Waals surface area contributed by atoms with Gasteiger partial charge in [0.1, 0.15) is 5.60 Å². The van der Waals surface area contributed by atoms with Crippen LogP contribution in [0.25, 0.3) is 0 Å². The molecule has 0 unspecified atom stereocenters. The van der Waals surface area contributed by atoms with E-state index in [4.69, 9.17) is 4.74 Å². The summed E-state index contributed by atoms with van der Waals surface area (Å²) in [6.45, 7) is 12.4. The van der Waals surface area contributed by atoms with Gasteiger partial charge in [-0.1, -0.05) is 27.7 Å². The van der Waals surface area contributed by atoms with E-state index < -0.39 is 33.8 Å². The number of carboxylic acid groups (broad SMARTS) is 1. The number of carbonyl (C=O) groups excluding carboxylic acids is 1. The number of esters is 1. The second kappa shape index (κ2) is 3.24. The van der Waals surface area contributed by atoms with Crippen LogP contribution in [0.2, 0.25) is 0 Å². The molecule has 0 heterocycles. The molecule has 4 heteroatoms. The van der Waals surface area contributed by atoms with E-state index in [-0.39, 0.29) is 0 Å². The van der Waals surface area contributed by atoms with Gasteiger partial charge in [-0.15, -0.1) is 0 Å². The number of carboxylic acids is 1. The Labute approximate surface area is 102 Å². The van der Waals surface area contributed by atoms with Gasteiger partial charge in [0.25, 0.3) is 0 Å². The third-order valence-electron chi connectivity index (χ3n) is 4.40. The molecule has 0 radical (unpaired) electrons. The summed E-state index contributed by atoms with van der Waals surface area (Å²) in [5.41, 5.74) is -3.32. The van der Waals surface area contributed by atoms with E-state index in [1.807, 2.05) is 0 Å². The van der Waals surface area contributed by atoms with Crippen LogP contribution in [0.5, 0.6) is 0 Å². The Hall–Kier alpha value is -1.06. The first-order chi connectivity index (χ1) is 7.32. The predicted octanol–water partition coefficient (Wildman–Crippen LogP) is 2.47. The first kappa shape index (κ1) is 14.0. The minimum absolute atomic E-state index is 0.603. The second-order valence-electron chi connectivity index (χ2n) is 6.81. The van der Waals surface area contributed by atoms with E-state index in [0.717, 1.165) is 0 Å². The first-order valence-corrected chi connectivity index (χ1v) is 5.79. The van der Waals surface area contributed by atoms with Crippen LogP contribution in [0.15, 0.2) is 0 Å². The smallest absolute Gasteiger partial charge is 0.325 e. The monoisotopic (exact) mass is 242 g/mol. The Balaban J connectivity index is 3.16. The molecule has 1 rings (SSSR count). The summed E-state index contributed by atoms with van der Waals surface area (Å²) in [5, 5.41) is 9.44. The van der Waals surface area contributed by atoms with Crippen LogP contribution in [-0.2, 0) is 14.3 Å². The lowest BCUT2D eigenvalue weighted by atomic mass is 9.94. The SMILES string of the molecule is CC(C)(C)OC(=O)C1(C(=O)O)C(C)(C)C1(C)C. The van der Waals surface area contributed by atoms with E-state index in [0.29, 0.717) is 0 Å². The number of rotatable bonds is 2. The topological polar surface area (TPSA) is 63.6 Å². The molecular formula is C13H22O4. The average Bonchev–Trinajstić information content (AvgIpc) is 2.34. The Morgan fingerprint density at radius 2 is 1.35 bits per heavy atom. The molecule has 0 aliphatic heterocycles. The molecule has 98 valence electrons. The van der Waals surface area contributed by atoms with Gasteiger partial charge in [0.05, 0.1) is 0 Å². The van der Waals surface area contributed by atoms with E-state index in [9.17, 15) is 14.7 Å². The highest BCUT2D eigenvalue weighted by Crippen LogP contribution is 2.78. The molecule has 0 atom stereocenters. The summed E-state index contributed by atoms with van der Waals surface area (Å²) in [6.07, 6.45) is 0. The van der Waals surface area contributed by atoms with E-state index in [2.05, 4.69) is 0 Å².